The molecule has 0 aliphatic heterocycles. The largest absolute Gasteiger partial charge is 0.496 e. The molecule has 0 atom stereocenters. The molecule has 0 amide bonds. The third kappa shape index (κ3) is 3.39. The van der Waals surface area contributed by atoms with Crippen molar-refractivity contribution in [2.45, 2.75) is 19.3 Å². The number of ether oxygens (including phenoxy) is 2. The molecule has 0 aromatic heterocycles. The summed E-state index contributed by atoms with van der Waals surface area (Å²) in [5.74, 6) is 1.66. The second-order valence-electron chi connectivity index (χ2n) is 3.54. The number of aryl methyl sites for hydroxylation is 1. The number of halogens is 1. The SMILES string of the molecule is COc1cc(OC)c(CCCCN)cc1Br. The number of methoxy groups -OCH3 is 2. The van der Waals surface area contributed by atoms with Crippen molar-refractivity contribution in [2.24, 2.45) is 5.73 Å². The molecule has 0 heterocycles. The van der Waals surface area contributed by atoms with Gasteiger partial charge < -0.3 is 15.2 Å². The number of nitrogens with two attached hydrogens (primary N) is 1. The Morgan fingerprint density at radius 3 is 2.38 bits per heavy atom. The maximum absolute atomic E-state index is 5.48. The number of hydrogen-bond acceptors (Lipinski definition) is 3. The summed E-state index contributed by atoms with van der Waals surface area (Å²) in [5, 5.41) is 0. The smallest absolute Gasteiger partial charge is 0.136 e. The Morgan fingerprint density at radius 2 is 1.81 bits per heavy atom. The van der Waals surface area contributed by atoms with Crippen LogP contribution >= 0.6 is 15.9 Å². The Morgan fingerprint density at radius 1 is 1.12 bits per heavy atom. The lowest BCUT2D eigenvalue weighted by Crippen LogP contribution is -2.00. The fourth-order valence-electron chi connectivity index (χ4n) is 1.58. The van der Waals surface area contributed by atoms with Gasteiger partial charge in [-0.15, -0.1) is 0 Å². The molecule has 0 spiro atoms. The van der Waals surface area contributed by atoms with E-state index in [4.69, 9.17) is 15.2 Å². The van der Waals surface area contributed by atoms with Gasteiger partial charge in [0.25, 0.3) is 0 Å². The van der Waals surface area contributed by atoms with Crippen molar-refractivity contribution in [2.75, 3.05) is 20.8 Å². The highest BCUT2D eigenvalue weighted by Gasteiger charge is 2.08. The number of unbranched alkanes of at least 4 members (excludes halogenated alkanes) is 1. The summed E-state index contributed by atoms with van der Waals surface area (Å²) in [6.07, 6.45) is 3.08. The van der Waals surface area contributed by atoms with E-state index in [1.54, 1.807) is 14.2 Å². The molecule has 0 saturated carbocycles. The summed E-state index contributed by atoms with van der Waals surface area (Å²) in [5.41, 5.74) is 6.66. The molecule has 0 saturated heterocycles. The Labute approximate surface area is 105 Å². The van der Waals surface area contributed by atoms with Gasteiger partial charge in [-0.05, 0) is 53.4 Å². The standard InChI is InChI=1S/C12H18BrNO2/c1-15-11-8-12(16-2)10(13)7-9(11)5-3-4-6-14/h7-8H,3-6,14H2,1-2H3. The minimum atomic E-state index is 0.736. The first kappa shape index (κ1) is 13.3. The monoisotopic (exact) mass is 287 g/mol. The summed E-state index contributed by atoms with van der Waals surface area (Å²) < 4.78 is 11.5. The minimum Gasteiger partial charge on any atom is -0.496 e. The zero-order valence-corrected chi connectivity index (χ0v) is 11.3. The summed E-state index contributed by atoms with van der Waals surface area (Å²) in [4.78, 5) is 0. The van der Waals surface area contributed by atoms with Crippen molar-refractivity contribution in [1.29, 1.82) is 0 Å². The van der Waals surface area contributed by atoms with Gasteiger partial charge in [-0.1, -0.05) is 0 Å². The van der Waals surface area contributed by atoms with Crippen LogP contribution in [0.25, 0.3) is 0 Å². The van der Waals surface area contributed by atoms with Gasteiger partial charge in [0.05, 0.1) is 18.7 Å². The second-order valence-corrected chi connectivity index (χ2v) is 4.40. The van der Waals surface area contributed by atoms with Crippen molar-refractivity contribution in [3.05, 3.63) is 22.2 Å². The first-order valence-electron chi connectivity index (χ1n) is 5.33. The maximum atomic E-state index is 5.48. The van der Waals surface area contributed by atoms with E-state index in [1.165, 1.54) is 5.56 Å². The van der Waals surface area contributed by atoms with Gasteiger partial charge in [-0.25, -0.2) is 0 Å². The van der Waals surface area contributed by atoms with Crippen molar-refractivity contribution >= 4 is 15.9 Å². The number of rotatable bonds is 6. The fraction of sp³-hybridized carbons (Fsp3) is 0.500. The Bertz CT molecular complexity index is 342. The molecular formula is C12H18BrNO2. The summed E-state index contributed by atoms with van der Waals surface area (Å²) >= 11 is 3.47. The molecule has 0 aliphatic rings. The van der Waals surface area contributed by atoms with Crippen LogP contribution in [0.4, 0.5) is 0 Å². The van der Waals surface area contributed by atoms with Crippen molar-refractivity contribution in [3.8, 4) is 11.5 Å². The predicted octanol–water partition coefficient (Wildman–Crippen LogP) is 2.75. The normalized spacial score (nSPS) is 10.2. The van der Waals surface area contributed by atoms with E-state index in [1.807, 2.05) is 12.1 Å². The molecule has 0 aliphatic carbocycles. The molecule has 3 nitrogen and oxygen atoms in total. The van der Waals surface area contributed by atoms with Crippen LogP contribution in [0, 0.1) is 0 Å². The van der Waals surface area contributed by atoms with Crippen molar-refractivity contribution in [1.82, 2.24) is 0 Å². The molecule has 0 fully saturated rings. The van der Waals surface area contributed by atoms with Crippen LogP contribution in [0.1, 0.15) is 18.4 Å². The molecular weight excluding hydrogens is 270 g/mol. The average Bonchev–Trinajstić information content (AvgIpc) is 2.30. The van der Waals surface area contributed by atoms with Crippen LogP contribution in [0.3, 0.4) is 0 Å². The summed E-state index contributed by atoms with van der Waals surface area (Å²) in [6.45, 7) is 0.736. The van der Waals surface area contributed by atoms with E-state index in [0.717, 1.165) is 41.8 Å². The third-order valence-corrected chi connectivity index (χ3v) is 3.07. The van der Waals surface area contributed by atoms with Crippen LogP contribution in [-0.2, 0) is 6.42 Å². The molecule has 16 heavy (non-hydrogen) atoms. The van der Waals surface area contributed by atoms with Gasteiger partial charge in [0, 0.05) is 6.07 Å². The molecule has 0 radical (unpaired) electrons. The van der Waals surface area contributed by atoms with Crippen LogP contribution in [-0.4, -0.2) is 20.8 Å². The maximum Gasteiger partial charge on any atom is 0.136 e. The van der Waals surface area contributed by atoms with E-state index in [9.17, 15) is 0 Å². The van der Waals surface area contributed by atoms with E-state index in [0.29, 0.717) is 0 Å². The third-order valence-electron chi connectivity index (χ3n) is 2.46. The lowest BCUT2D eigenvalue weighted by atomic mass is 10.1. The lowest BCUT2D eigenvalue weighted by Gasteiger charge is -2.12. The van der Waals surface area contributed by atoms with E-state index >= 15 is 0 Å². The Kier molecular flexibility index (Phi) is 5.63. The molecule has 1 aromatic carbocycles. The average molecular weight is 288 g/mol. The molecule has 90 valence electrons. The van der Waals surface area contributed by atoms with E-state index < -0.39 is 0 Å². The van der Waals surface area contributed by atoms with Crippen LogP contribution in [0.15, 0.2) is 16.6 Å². The predicted molar refractivity (Wildman–Crippen MR) is 69.2 cm³/mol. The molecule has 1 aromatic rings. The van der Waals surface area contributed by atoms with Gasteiger partial charge in [0.1, 0.15) is 11.5 Å². The zero-order valence-electron chi connectivity index (χ0n) is 9.75. The molecule has 1 rings (SSSR count). The molecule has 0 bridgehead atoms. The van der Waals surface area contributed by atoms with Crippen LogP contribution in [0.2, 0.25) is 0 Å². The Balaban J connectivity index is 2.85. The van der Waals surface area contributed by atoms with Gasteiger partial charge in [0.15, 0.2) is 0 Å². The zero-order chi connectivity index (χ0) is 12.0. The van der Waals surface area contributed by atoms with E-state index in [2.05, 4.69) is 15.9 Å². The lowest BCUT2D eigenvalue weighted by molar-refractivity contribution is 0.389. The Hall–Kier alpha value is -0.740. The van der Waals surface area contributed by atoms with Gasteiger partial charge in [-0.2, -0.15) is 0 Å². The van der Waals surface area contributed by atoms with Gasteiger partial charge >= 0.3 is 0 Å². The molecule has 2 N–H and O–H groups in total. The van der Waals surface area contributed by atoms with Gasteiger partial charge in [-0.3, -0.25) is 0 Å². The van der Waals surface area contributed by atoms with Crippen LogP contribution < -0.4 is 15.2 Å². The molecule has 0 unspecified atom stereocenters. The highest BCUT2D eigenvalue weighted by Crippen LogP contribution is 2.33. The van der Waals surface area contributed by atoms with Crippen LogP contribution in [0.5, 0.6) is 11.5 Å². The molecule has 4 heteroatoms. The first-order valence-corrected chi connectivity index (χ1v) is 6.12. The summed E-state index contributed by atoms with van der Waals surface area (Å²) in [6, 6.07) is 3.95. The van der Waals surface area contributed by atoms with Crippen molar-refractivity contribution < 1.29 is 9.47 Å². The quantitative estimate of drug-likeness (QED) is 0.819. The van der Waals surface area contributed by atoms with Gasteiger partial charge in [0.2, 0.25) is 0 Å². The number of benzene rings is 1. The fourth-order valence-corrected chi connectivity index (χ4v) is 2.13. The highest BCUT2D eigenvalue weighted by molar-refractivity contribution is 9.10. The summed E-state index contributed by atoms with van der Waals surface area (Å²) in [7, 11) is 3.32. The minimum absolute atomic E-state index is 0.736. The first-order chi connectivity index (χ1) is 7.72. The second kappa shape index (κ2) is 6.76. The topological polar surface area (TPSA) is 44.5 Å². The number of hydrogen-bond donors (Lipinski definition) is 1. The highest BCUT2D eigenvalue weighted by atomic mass is 79.9. The van der Waals surface area contributed by atoms with Crippen molar-refractivity contribution in [3.63, 3.8) is 0 Å². The van der Waals surface area contributed by atoms with E-state index in [-0.39, 0.29) is 0 Å².